The summed E-state index contributed by atoms with van der Waals surface area (Å²) in [4.78, 5) is 37.4. The van der Waals surface area contributed by atoms with Crippen LogP contribution in [0.1, 0.15) is 17.3 Å². The topological polar surface area (TPSA) is 93.1 Å². The van der Waals surface area contributed by atoms with Gasteiger partial charge >= 0.3 is 11.9 Å². The summed E-state index contributed by atoms with van der Waals surface area (Å²) in [6.07, 6.45) is 0. The number of ether oxygens (including phenoxy) is 2. The maximum Gasteiger partial charge on any atom is 0.342 e. The second-order valence-electron chi connectivity index (χ2n) is 5.21. The third-order valence-electron chi connectivity index (χ3n) is 3.41. The van der Waals surface area contributed by atoms with Gasteiger partial charge in [-0.3, -0.25) is 14.5 Å². The van der Waals surface area contributed by atoms with Crippen molar-refractivity contribution in [3.63, 3.8) is 0 Å². The molecule has 26 heavy (non-hydrogen) atoms. The summed E-state index contributed by atoms with van der Waals surface area (Å²) in [5, 5.41) is 9.65. The first-order valence-electron chi connectivity index (χ1n) is 7.99. The van der Waals surface area contributed by atoms with Gasteiger partial charge in [0, 0.05) is 5.69 Å². The molecule has 7 nitrogen and oxygen atoms in total. The summed E-state index contributed by atoms with van der Waals surface area (Å²) < 4.78 is 9.85. The highest BCUT2D eigenvalue weighted by atomic mass is 16.5. The van der Waals surface area contributed by atoms with E-state index in [1.165, 1.54) is 17.0 Å². The van der Waals surface area contributed by atoms with E-state index >= 15 is 0 Å². The van der Waals surface area contributed by atoms with Crippen molar-refractivity contribution in [3.8, 4) is 5.75 Å². The molecule has 0 saturated carbocycles. The lowest BCUT2D eigenvalue weighted by Crippen LogP contribution is -2.39. The number of hydrogen-bond acceptors (Lipinski definition) is 6. The van der Waals surface area contributed by atoms with Gasteiger partial charge < -0.3 is 14.6 Å². The normalized spacial score (nSPS) is 10.0. The van der Waals surface area contributed by atoms with Crippen LogP contribution < -0.4 is 4.90 Å². The first-order chi connectivity index (χ1) is 12.5. The third-order valence-corrected chi connectivity index (χ3v) is 3.41. The largest absolute Gasteiger partial charge is 0.507 e. The summed E-state index contributed by atoms with van der Waals surface area (Å²) in [6.45, 7) is 0.977. The van der Waals surface area contributed by atoms with Crippen molar-refractivity contribution in [1.29, 1.82) is 0 Å². The minimum Gasteiger partial charge on any atom is -0.507 e. The summed E-state index contributed by atoms with van der Waals surface area (Å²) in [6, 6.07) is 14.4. The molecular formula is C19H19NO6. The van der Waals surface area contributed by atoms with Crippen LogP contribution in [-0.4, -0.2) is 42.7 Å². The molecule has 0 heterocycles. The summed E-state index contributed by atoms with van der Waals surface area (Å²) in [7, 11) is 0. The predicted octanol–water partition coefficient (Wildman–Crippen LogP) is 2.15. The number of amides is 1. The van der Waals surface area contributed by atoms with Crippen LogP contribution in [0.25, 0.3) is 0 Å². The van der Waals surface area contributed by atoms with Crippen molar-refractivity contribution in [2.45, 2.75) is 6.92 Å². The Hall–Kier alpha value is -3.35. The van der Waals surface area contributed by atoms with Gasteiger partial charge in [-0.05, 0) is 31.2 Å². The zero-order chi connectivity index (χ0) is 18.9. The minimum atomic E-state index is -0.833. The van der Waals surface area contributed by atoms with Crippen molar-refractivity contribution < 1.29 is 29.0 Å². The zero-order valence-corrected chi connectivity index (χ0v) is 14.3. The number of aromatic hydroxyl groups is 1. The second kappa shape index (κ2) is 9.22. The Morgan fingerprint density at radius 1 is 0.962 bits per heavy atom. The van der Waals surface area contributed by atoms with Crippen molar-refractivity contribution in [2.24, 2.45) is 0 Å². The minimum absolute atomic E-state index is 0.0445. The second-order valence-corrected chi connectivity index (χ2v) is 5.21. The smallest absolute Gasteiger partial charge is 0.342 e. The molecule has 0 aromatic heterocycles. The molecule has 0 aliphatic carbocycles. The average Bonchev–Trinajstić information content (AvgIpc) is 2.65. The quantitative estimate of drug-likeness (QED) is 0.763. The first kappa shape index (κ1) is 19.0. The molecule has 0 atom stereocenters. The lowest BCUT2D eigenvalue weighted by molar-refractivity contribution is -0.142. The van der Waals surface area contributed by atoms with Gasteiger partial charge in [0.05, 0.1) is 6.61 Å². The maximum absolute atomic E-state index is 12.5. The number of hydrogen-bond donors (Lipinski definition) is 1. The maximum atomic E-state index is 12.5. The van der Waals surface area contributed by atoms with Gasteiger partial charge in [0.25, 0.3) is 5.91 Å². The predicted molar refractivity (Wildman–Crippen MR) is 93.8 cm³/mol. The highest BCUT2D eigenvalue weighted by Crippen LogP contribution is 2.17. The van der Waals surface area contributed by atoms with E-state index in [4.69, 9.17) is 9.47 Å². The zero-order valence-electron chi connectivity index (χ0n) is 14.3. The Labute approximate surface area is 150 Å². The number of para-hydroxylation sites is 2. The number of carbonyl (C=O) groups excluding carboxylic acids is 3. The number of carbonyl (C=O) groups is 3. The molecule has 1 N–H and O–H groups in total. The molecule has 7 heteroatoms. The Balaban J connectivity index is 2.07. The Kier molecular flexibility index (Phi) is 6.73. The van der Waals surface area contributed by atoms with E-state index in [-0.39, 0.29) is 24.5 Å². The van der Waals surface area contributed by atoms with Crippen LogP contribution in [0.15, 0.2) is 54.6 Å². The molecule has 0 aliphatic heterocycles. The Morgan fingerprint density at radius 2 is 1.62 bits per heavy atom. The van der Waals surface area contributed by atoms with Gasteiger partial charge in [-0.2, -0.15) is 0 Å². The number of benzene rings is 2. The molecule has 0 radical (unpaired) electrons. The summed E-state index contributed by atoms with van der Waals surface area (Å²) in [5.74, 6) is -2.23. The van der Waals surface area contributed by atoms with Crippen LogP contribution in [0.3, 0.4) is 0 Å². The standard InChI is InChI=1S/C19H19NO6/c1-2-25-18(23)12-20(14-8-4-3-5-9-14)17(22)13-26-19(24)15-10-6-7-11-16(15)21/h3-11,21H,2,12-13H2,1H3. The van der Waals surface area contributed by atoms with Gasteiger partial charge in [0.2, 0.25) is 0 Å². The van der Waals surface area contributed by atoms with Gasteiger partial charge in [-0.25, -0.2) is 4.79 Å². The highest BCUT2D eigenvalue weighted by Gasteiger charge is 2.22. The molecular weight excluding hydrogens is 338 g/mol. The number of anilines is 1. The van der Waals surface area contributed by atoms with E-state index in [9.17, 15) is 19.5 Å². The van der Waals surface area contributed by atoms with E-state index in [0.29, 0.717) is 5.69 Å². The molecule has 0 fully saturated rings. The lowest BCUT2D eigenvalue weighted by atomic mass is 10.2. The Morgan fingerprint density at radius 3 is 2.27 bits per heavy atom. The fourth-order valence-electron chi connectivity index (χ4n) is 2.20. The van der Waals surface area contributed by atoms with E-state index < -0.39 is 24.5 Å². The van der Waals surface area contributed by atoms with E-state index in [2.05, 4.69) is 0 Å². The summed E-state index contributed by atoms with van der Waals surface area (Å²) in [5.41, 5.74) is 0.432. The van der Waals surface area contributed by atoms with Crippen molar-refractivity contribution in [3.05, 3.63) is 60.2 Å². The highest BCUT2D eigenvalue weighted by molar-refractivity contribution is 6.00. The molecule has 2 aromatic rings. The Bertz CT molecular complexity index is 775. The monoisotopic (exact) mass is 357 g/mol. The number of esters is 2. The molecule has 0 spiro atoms. The van der Waals surface area contributed by atoms with Crippen molar-refractivity contribution >= 4 is 23.5 Å². The van der Waals surface area contributed by atoms with Crippen LogP contribution in [0, 0.1) is 0 Å². The van der Waals surface area contributed by atoms with Gasteiger partial charge in [0.1, 0.15) is 17.9 Å². The molecule has 2 aromatic carbocycles. The van der Waals surface area contributed by atoms with Crippen molar-refractivity contribution in [1.82, 2.24) is 0 Å². The molecule has 1 amide bonds. The van der Waals surface area contributed by atoms with Crippen molar-refractivity contribution in [2.75, 3.05) is 24.7 Å². The van der Waals surface area contributed by atoms with Gasteiger partial charge in [0.15, 0.2) is 6.61 Å². The number of phenols is 1. The van der Waals surface area contributed by atoms with E-state index in [1.54, 1.807) is 49.4 Å². The van der Waals surface area contributed by atoms with Crippen LogP contribution in [0.4, 0.5) is 5.69 Å². The molecule has 0 saturated heterocycles. The number of phenolic OH excluding ortho intramolecular Hbond substituents is 1. The fourth-order valence-corrected chi connectivity index (χ4v) is 2.20. The first-order valence-corrected chi connectivity index (χ1v) is 7.99. The van der Waals surface area contributed by atoms with Gasteiger partial charge in [-0.15, -0.1) is 0 Å². The van der Waals surface area contributed by atoms with Crippen LogP contribution in [-0.2, 0) is 19.1 Å². The molecule has 136 valence electrons. The van der Waals surface area contributed by atoms with E-state index in [1.807, 2.05) is 0 Å². The van der Waals surface area contributed by atoms with E-state index in [0.717, 1.165) is 0 Å². The van der Waals surface area contributed by atoms with Gasteiger partial charge in [-0.1, -0.05) is 30.3 Å². The molecule has 0 unspecified atom stereocenters. The lowest BCUT2D eigenvalue weighted by Gasteiger charge is -2.21. The number of nitrogens with zero attached hydrogens (tertiary/aromatic N) is 1. The SMILES string of the molecule is CCOC(=O)CN(C(=O)COC(=O)c1ccccc1O)c1ccccc1. The third kappa shape index (κ3) is 5.07. The average molecular weight is 357 g/mol. The fraction of sp³-hybridized carbons (Fsp3) is 0.211. The summed E-state index contributed by atoms with van der Waals surface area (Å²) >= 11 is 0. The van der Waals surface area contributed by atoms with Crippen LogP contribution in [0.5, 0.6) is 5.75 Å². The molecule has 2 rings (SSSR count). The van der Waals surface area contributed by atoms with Crippen LogP contribution >= 0.6 is 0 Å². The molecule has 0 bridgehead atoms. The van der Waals surface area contributed by atoms with Crippen LogP contribution in [0.2, 0.25) is 0 Å². The molecule has 0 aliphatic rings. The number of rotatable bonds is 7.